The van der Waals surface area contributed by atoms with E-state index in [1.165, 1.54) is 12.3 Å². The van der Waals surface area contributed by atoms with Crippen molar-refractivity contribution in [2.75, 3.05) is 31.1 Å². The van der Waals surface area contributed by atoms with E-state index in [-0.39, 0.29) is 35.1 Å². The molecule has 0 aromatic carbocycles. The van der Waals surface area contributed by atoms with Crippen molar-refractivity contribution in [1.82, 2.24) is 14.8 Å². The van der Waals surface area contributed by atoms with Gasteiger partial charge in [0.2, 0.25) is 0 Å². The first-order valence-electron chi connectivity index (χ1n) is 8.68. The van der Waals surface area contributed by atoms with Gasteiger partial charge in [0.1, 0.15) is 5.69 Å². The van der Waals surface area contributed by atoms with Gasteiger partial charge in [-0.1, -0.05) is 0 Å². The second-order valence-electron chi connectivity index (χ2n) is 6.58. The fourth-order valence-electron chi connectivity index (χ4n) is 3.52. The molecule has 0 radical (unpaired) electrons. The van der Waals surface area contributed by atoms with Gasteiger partial charge in [-0.2, -0.15) is 0 Å². The van der Waals surface area contributed by atoms with E-state index >= 15 is 0 Å². The van der Waals surface area contributed by atoms with Crippen LogP contribution in [0.25, 0.3) is 0 Å². The zero-order chi connectivity index (χ0) is 18.0. The molecule has 2 fully saturated rings. The van der Waals surface area contributed by atoms with Crippen LogP contribution in [0.15, 0.2) is 18.3 Å². The summed E-state index contributed by atoms with van der Waals surface area (Å²) in [6, 6.07) is 2.82. The molecular formula is C17H23N3O4S. The van der Waals surface area contributed by atoms with Crippen molar-refractivity contribution in [3.8, 4) is 0 Å². The first-order valence-corrected chi connectivity index (χ1v) is 10.5. The molecule has 136 valence electrons. The minimum atomic E-state index is -3.07. The first-order chi connectivity index (χ1) is 11.9. The second-order valence-corrected chi connectivity index (χ2v) is 8.81. The van der Waals surface area contributed by atoms with Crippen molar-refractivity contribution >= 4 is 21.7 Å². The summed E-state index contributed by atoms with van der Waals surface area (Å²) in [6.45, 7) is 3.71. The number of hydrogen-bond acceptors (Lipinski definition) is 5. The van der Waals surface area contributed by atoms with Crippen molar-refractivity contribution in [2.45, 2.75) is 32.2 Å². The van der Waals surface area contributed by atoms with Crippen LogP contribution in [-0.4, -0.2) is 72.2 Å². The molecule has 25 heavy (non-hydrogen) atoms. The number of sulfone groups is 1. The summed E-state index contributed by atoms with van der Waals surface area (Å²) in [6.07, 6.45) is 3.93. The molecule has 3 heterocycles. The monoisotopic (exact) mass is 365 g/mol. The fraction of sp³-hybridized carbons (Fsp3) is 0.588. The summed E-state index contributed by atoms with van der Waals surface area (Å²) in [7, 11) is -3.07. The smallest absolute Gasteiger partial charge is 0.272 e. The molecule has 0 N–H and O–H groups in total. The maximum Gasteiger partial charge on any atom is 0.272 e. The molecule has 2 aliphatic heterocycles. The summed E-state index contributed by atoms with van der Waals surface area (Å²) in [5.74, 6) is -0.289. The molecule has 0 spiro atoms. The van der Waals surface area contributed by atoms with E-state index in [2.05, 4.69) is 4.98 Å². The number of carbonyl (C=O) groups excluding carboxylic acids is 2. The van der Waals surface area contributed by atoms with Gasteiger partial charge >= 0.3 is 0 Å². The summed E-state index contributed by atoms with van der Waals surface area (Å²) in [5.41, 5.74) is 0.645. The minimum absolute atomic E-state index is 0.00101. The molecule has 2 aliphatic rings. The van der Waals surface area contributed by atoms with Crippen molar-refractivity contribution in [1.29, 1.82) is 0 Å². The highest BCUT2D eigenvalue weighted by Crippen LogP contribution is 2.20. The molecule has 2 amide bonds. The maximum atomic E-state index is 12.8. The molecule has 0 bridgehead atoms. The fourth-order valence-corrected chi connectivity index (χ4v) is 5.25. The average Bonchev–Trinajstić information content (AvgIpc) is 3.25. The normalized spacial score (nSPS) is 22.1. The average molecular weight is 365 g/mol. The third-order valence-electron chi connectivity index (χ3n) is 4.87. The van der Waals surface area contributed by atoms with Crippen molar-refractivity contribution in [2.24, 2.45) is 0 Å². The zero-order valence-corrected chi connectivity index (χ0v) is 15.2. The lowest BCUT2D eigenvalue weighted by molar-refractivity contribution is 0.0702. The first kappa shape index (κ1) is 17.8. The van der Waals surface area contributed by atoms with Gasteiger partial charge in [-0.25, -0.2) is 8.42 Å². The molecule has 1 aromatic heterocycles. The Kier molecular flexibility index (Phi) is 5.08. The van der Waals surface area contributed by atoms with Crippen molar-refractivity contribution in [3.63, 3.8) is 0 Å². The van der Waals surface area contributed by atoms with Crippen molar-refractivity contribution < 1.29 is 18.0 Å². The largest absolute Gasteiger partial charge is 0.339 e. The number of hydrogen-bond donors (Lipinski definition) is 0. The highest BCUT2D eigenvalue weighted by molar-refractivity contribution is 7.91. The van der Waals surface area contributed by atoms with Gasteiger partial charge in [0, 0.05) is 37.4 Å². The zero-order valence-electron chi connectivity index (χ0n) is 14.3. The lowest BCUT2D eigenvalue weighted by Gasteiger charge is -2.26. The van der Waals surface area contributed by atoms with Gasteiger partial charge < -0.3 is 9.80 Å². The molecular weight excluding hydrogens is 342 g/mol. The van der Waals surface area contributed by atoms with E-state index in [0.717, 1.165) is 25.9 Å². The van der Waals surface area contributed by atoms with Gasteiger partial charge in [0.15, 0.2) is 9.84 Å². The molecule has 2 saturated heterocycles. The van der Waals surface area contributed by atoms with Crippen LogP contribution in [0.3, 0.4) is 0 Å². The van der Waals surface area contributed by atoms with E-state index in [4.69, 9.17) is 0 Å². The van der Waals surface area contributed by atoms with Gasteiger partial charge in [-0.3, -0.25) is 14.6 Å². The standard InChI is InChI=1S/C17H23N3O4S/c1-2-20(14-6-10-25(23,24)12-14)17(22)15-11-13(5-7-18-15)16(21)19-8-3-4-9-19/h5,7,11,14H,2-4,6,8-10,12H2,1H3. The van der Waals surface area contributed by atoms with Gasteiger partial charge in [-0.15, -0.1) is 0 Å². The van der Waals surface area contributed by atoms with Crippen LogP contribution in [0.2, 0.25) is 0 Å². The van der Waals surface area contributed by atoms with Crippen LogP contribution in [-0.2, 0) is 9.84 Å². The number of likely N-dealkylation sites (tertiary alicyclic amines) is 1. The van der Waals surface area contributed by atoms with Gasteiger partial charge in [-0.05, 0) is 38.3 Å². The Balaban J connectivity index is 1.79. The van der Waals surface area contributed by atoms with E-state index < -0.39 is 9.84 Å². The highest BCUT2D eigenvalue weighted by Gasteiger charge is 2.34. The lowest BCUT2D eigenvalue weighted by atomic mass is 10.1. The summed E-state index contributed by atoms with van der Waals surface area (Å²) in [5, 5.41) is 0. The molecule has 1 unspecified atom stereocenters. The van der Waals surface area contributed by atoms with E-state index in [0.29, 0.717) is 18.5 Å². The number of aromatic nitrogens is 1. The highest BCUT2D eigenvalue weighted by atomic mass is 32.2. The Bertz CT molecular complexity index is 772. The quantitative estimate of drug-likeness (QED) is 0.793. The van der Waals surface area contributed by atoms with Crippen LogP contribution >= 0.6 is 0 Å². The van der Waals surface area contributed by atoms with Crippen LogP contribution < -0.4 is 0 Å². The predicted octanol–water partition coefficient (Wildman–Crippen LogP) is 0.967. The number of rotatable bonds is 4. The molecule has 3 rings (SSSR count). The Morgan fingerprint density at radius 1 is 1.32 bits per heavy atom. The number of pyridine rings is 1. The molecule has 7 nitrogen and oxygen atoms in total. The summed E-state index contributed by atoms with van der Waals surface area (Å²) >= 11 is 0. The second kappa shape index (κ2) is 7.11. The number of carbonyl (C=O) groups is 2. The van der Waals surface area contributed by atoms with E-state index in [9.17, 15) is 18.0 Å². The molecule has 1 atom stereocenters. The third kappa shape index (κ3) is 3.84. The van der Waals surface area contributed by atoms with Gasteiger partial charge in [0.25, 0.3) is 11.8 Å². The summed E-state index contributed by atoms with van der Waals surface area (Å²) < 4.78 is 23.4. The van der Waals surface area contributed by atoms with Gasteiger partial charge in [0.05, 0.1) is 11.5 Å². The number of amides is 2. The predicted molar refractivity (Wildman–Crippen MR) is 93.1 cm³/mol. The van der Waals surface area contributed by atoms with Crippen molar-refractivity contribution in [3.05, 3.63) is 29.6 Å². The molecule has 0 aliphatic carbocycles. The number of nitrogens with zero attached hydrogens (tertiary/aromatic N) is 3. The van der Waals surface area contributed by atoms with E-state index in [1.54, 1.807) is 15.9 Å². The molecule has 8 heteroatoms. The van der Waals surface area contributed by atoms with Crippen LogP contribution in [0.1, 0.15) is 47.0 Å². The third-order valence-corrected chi connectivity index (χ3v) is 6.62. The Morgan fingerprint density at radius 3 is 2.64 bits per heavy atom. The van der Waals surface area contributed by atoms with E-state index in [1.807, 2.05) is 6.92 Å². The molecule has 1 aromatic rings. The Morgan fingerprint density at radius 2 is 2.04 bits per heavy atom. The Hall–Kier alpha value is -1.96. The van der Waals surface area contributed by atoms with Crippen LogP contribution in [0.5, 0.6) is 0 Å². The maximum absolute atomic E-state index is 12.8. The van der Waals surface area contributed by atoms with Crippen LogP contribution in [0, 0.1) is 0 Å². The minimum Gasteiger partial charge on any atom is -0.339 e. The lowest BCUT2D eigenvalue weighted by Crippen LogP contribution is -2.41. The molecule has 0 saturated carbocycles. The SMILES string of the molecule is CCN(C(=O)c1cc(C(=O)N2CCCC2)ccn1)C1CCS(=O)(=O)C1. The summed E-state index contributed by atoms with van der Waals surface area (Å²) in [4.78, 5) is 32.8. The Labute approximate surface area is 147 Å². The topological polar surface area (TPSA) is 87.7 Å². The van der Waals surface area contributed by atoms with Crippen LogP contribution in [0.4, 0.5) is 0 Å².